The predicted molar refractivity (Wildman–Crippen MR) is 103 cm³/mol. The Morgan fingerprint density at radius 1 is 0.885 bits per heavy atom. The van der Waals surface area contributed by atoms with Crippen LogP contribution in [0.3, 0.4) is 0 Å². The van der Waals surface area contributed by atoms with Crippen molar-refractivity contribution in [3.8, 4) is 0 Å². The van der Waals surface area contributed by atoms with Crippen LogP contribution in [-0.4, -0.2) is 17.7 Å². The number of hydrogen-bond donors (Lipinski definition) is 2. The molecule has 1 amide bonds. The minimum atomic E-state index is -0.493. The van der Waals surface area contributed by atoms with E-state index in [0.717, 1.165) is 18.5 Å². The molecule has 4 nitrogen and oxygen atoms in total. The molecule has 26 heavy (non-hydrogen) atoms. The Labute approximate surface area is 156 Å². The SMILES string of the molecule is O=C(NO)c1ccc(CCN2c3ccccc3Sc3ccccc32)cc1. The van der Waals surface area contributed by atoms with Crippen LogP contribution in [0.4, 0.5) is 11.4 Å². The standard InChI is InChI=1S/C21H18N2O2S/c24-21(22-25)16-11-9-15(10-12-16)13-14-23-17-5-1-3-7-19(17)26-20-8-4-2-6-18(20)23/h1-12,25H,13-14H2,(H,22,24). The molecule has 4 rings (SSSR count). The van der Waals surface area contributed by atoms with Crippen LogP contribution in [0.15, 0.2) is 82.6 Å². The van der Waals surface area contributed by atoms with Gasteiger partial charge in [-0.3, -0.25) is 10.0 Å². The number of nitrogens with one attached hydrogen (secondary N) is 1. The van der Waals surface area contributed by atoms with E-state index in [0.29, 0.717) is 5.56 Å². The molecule has 0 unspecified atom stereocenters. The molecule has 130 valence electrons. The predicted octanol–water partition coefficient (Wildman–Crippen LogP) is 4.65. The zero-order valence-corrected chi connectivity index (χ0v) is 14.9. The quantitative estimate of drug-likeness (QED) is 0.524. The number of fused-ring (bicyclic) bond motifs is 2. The van der Waals surface area contributed by atoms with Crippen molar-refractivity contribution < 1.29 is 10.0 Å². The molecule has 1 heterocycles. The van der Waals surface area contributed by atoms with Crippen molar-refractivity contribution in [3.05, 3.63) is 83.9 Å². The van der Waals surface area contributed by atoms with Crippen LogP contribution in [0.5, 0.6) is 0 Å². The molecule has 0 aliphatic carbocycles. The third-order valence-electron chi connectivity index (χ3n) is 4.47. The zero-order valence-electron chi connectivity index (χ0n) is 14.1. The van der Waals surface area contributed by atoms with E-state index in [-0.39, 0.29) is 0 Å². The summed E-state index contributed by atoms with van der Waals surface area (Å²) >= 11 is 1.81. The molecule has 0 fully saturated rings. The molecule has 0 aromatic heterocycles. The van der Waals surface area contributed by atoms with E-state index in [9.17, 15) is 4.79 Å². The lowest BCUT2D eigenvalue weighted by Crippen LogP contribution is -2.23. The summed E-state index contributed by atoms with van der Waals surface area (Å²) in [6.07, 6.45) is 0.856. The summed E-state index contributed by atoms with van der Waals surface area (Å²) in [5.74, 6) is -0.493. The number of anilines is 2. The van der Waals surface area contributed by atoms with Gasteiger partial charge in [0.05, 0.1) is 11.4 Å². The number of hydrogen-bond acceptors (Lipinski definition) is 4. The number of carbonyl (C=O) groups is 1. The van der Waals surface area contributed by atoms with Crippen LogP contribution in [0.1, 0.15) is 15.9 Å². The lowest BCUT2D eigenvalue weighted by atomic mass is 10.1. The number of amides is 1. The molecular weight excluding hydrogens is 344 g/mol. The second-order valence-corrected chi connectivity index (χ2v) is 7.16. The van der Waals surface area contributed by atoms with Gasteiger partial charge in [-0.1, -0.05) is 48.2 Å². The van der Waals surface area contributed by atoms with Crippen LogP contribution >= 0.6 is 11.8 Å². The molecule has 3 aromatic carbocycles. The number of carbonyl (C=O) groups excluding carboxylic acids is 1. The van der Waals surface area contributed by atoms with E-state index < -0.39 is 5.91 Å². The summed E-state index contributed by atoms with van der Waals surface area (Å²) in [7, 11) is 0. The average molecular weight is 362 g/mol. The zero-order chi connectivity index (χ0) is 17.9. The summed E-state index contributed by atoms with van der Waals surface area (Å²) in [5, 5.41) is 8.71. The molecule has 2 N–H and O–H groups in total. The summed E-state index contributed by atoms with van der Waals surface area (Å²) in [4.78, 5) is 16.3. The monoisotopic (exact) mass is 362 g/mol. The third kappa shape index (κ3) is 3.19. The molecule has 3 aromatic rings. The normalized spacial score (nSPS) is 12.3. The number of nitrogens with zero attached hydrogens (tertiary/aromatic N) is 1. The van der Waals surface area contributed by atoms with Crippen LogP contribution in [0, 0.1) is 0 Å². The van der Waals surface area contributed by atoms with Crippen molar-refractivity contribution in [2.45, 2.75) is 16.2 Å². The first-order valence-corrected chi connectivity index (χ1v) is 9.25. The summed E-state index contributed by atoms with van der Waals surface area (Å²) < 4.78 is 0. The fourth-order valence-electron chi connectivity index (χ4n) is 3.15. The highest BCUT2D eigenvalue weighted by Gasteiger charge is 2.22. The number of rotatable bonds is 4. The van der Waals surface area contributed by atoms with Crippen molar-refractivity contribution in [1.82, 2.24) is 5.48 Å². The van der Waals surface area contributed by atoms with Crippen molar-refractivity contribution in [2.75, 3.05) is 11.4 Å². The Morgan fingerprint density at radius 2 is 1.46 bits per heavy atom. The van der Waals surface area contributed by atoms with E-state index in [1.165, 1.54) is 21.2 Å². The van der Waals surface area contributed by atoms with Gasteiger partial charge < -0.3 is 4.90 Å². The molecule has 0 saturated carbocycles. The van der Waals surface area contributed by atoms with Gasteiger partial charge in [-0.2, -0.15) is 0 Å². The summed E-state index contributed by atoms with van der Waals surface area (Å²) in [5.41, 5.74) is 5.71. The lowest BCUT2D eigenvalue weighted by molar-refractivity contribution is 0.0706. The van der Waals surface area contributed by atoms with Crippen LogP contribution < -0.4 is 10.4 Å². The van der Waals surface area contributed by atoms with Crippen molar-refractivity contribution in [1.29, 1.82) is 0 Å². The highest BCUT2D eigenvalue weighted by atomic mass is 32.2. The minimum absolute atomic E-state index is 0.446. The summed E-state index contributed by atoms with van der Waals surface area (Å²) in [6, 6.07) is 24.2. The van der Waals surface area contributed by atoms with Gasteiger partial charge in [0.25, 0.3) is 5.91 Å². The Kier molecular flexibility index (Phi) is 4.65. The average Bonchev–Trinajstić information content (AvgIpc) is 2.71. The molecule has 0 bridgehead atoms. The highest BCUT2D eigenvalue weighted by Crippen LogP contribution is 2.47. The van der Waals surface area contributed by atoms with E-state index in [2.05, 4.69) is 53.4 Å². The Morgan fingerprint density at radius 3 is 2.04 bits per heavy atom. The Bertz CT molecular complexity index is 895. The van der Waals surface area contributed by atoms with Crippen LogP contribution in [0.25, 0.3) is 0 Å². The number of para-hydroxylation sites is 2. The lowest BCUT2D eigenvalue weighted by Gasteiger charge is -2.32. The largest absolute Gasteiger partial charge is 0.339 e. The van der Waals surface area contributed by atoms with Crippen LogP contribution in [0.2, 0.25) is 0 Å². The van der Waals surface area contributed by atoms with Gasteiger partial charge in [0, 0.05) is 21.9 Å². The molecule has 1 aliphatic rings. The third-order valence-corrected chi connectivity index (χ3v) is 5.60. The molecule has 0 radical (unpaired) electrons. The first-order chi connectivity index (χ1) is 12.8. The van der Waals surface area contributed by atoms with Crippen LogP contribution in [-0.2, 0) is 6.42 Å². The molecule has 1 aliphatic heterocycles. The van der Waals surface area contributed by atoms with E-state index in [1.54, 1.807) is 29.4 Å². The molecule has 5 heteroatoms. The van der Waals surface area contributed by atoms with E-state index in [4.69, 9.17) is 5.21 Å². The second-order valence-electron chi connectivity index (χ2n) is 6.08. The maximum Gasteiger partial charge on any atom is 0.274 e. The van der Waals surface area contributed by atoms with Gasteiger partial charge in [0.1, 0.15) is 0 Å². The number of benzene rings is 3. The van der Waals surface area contributed by atoms with Gasteiger partial charge in [0.15, 0.2) is 0 Å². The van der Waals surface area contributed by atoms with Gasteiger partial charge >= 0.3 is 0 Å². The fourth-order valence-corrected chi connectivity index (χ4v) is 4.25. The molecule has 0 spiro atoms. The maximum absolute atomic E-state index is 11.4. The molecule has 0 saturated heterocycles. The topological polar surface area (TPSA) is 52.6 Å². The smallest absolute Gasteiger partial charge is 0.274 e. The Hall–Kier alpha value is -2.76. The molecular formula is C21H18N2O2S. The van der Waals surface area contributed by atoms with E-state index in [1.807, 2.05) is 12.1 Å². The van der Waals surface area contributed by atoms with Gasteiger partial charge in [-0.25, -0.2) is 5.48 Å². The minimum Gasteiger partial charge on any atom is -0.339 e. The van der Waals surface area contributed by atoms with E-state index >= 15 is 0 Å². The van der Waals surface area contributed by atoms with Gasteiger partial charge in [-0.05, 0) is 48.4 Å². The first kappa shape index (κ1) is 16.7. The fraction of sp³-hybridized carbons (Fsp3) is 0.0952. The first-order valence-electron chi connectivity index (χ1n) is 8.43. The maximum atomic E-state index is 11.4. The Balaban J connectivity index is 1.57. The highest BCUT2D eigenvalue weighted by molar-refractivity contribution is 7.99. The van der Waals surface area contributed by atoms with Crippen molar-refractivity contribution >= 4 is 29.0 Å². The molecule has 0 atom stereocenters. The van der Waals surface area contributed by atoms with Crippen molar-refractivity contribution in [3.63, 3.8) is 0 Å². The van der Waals surface area contributed by atoms with Crippen molar-refractivity contribution in [2.24, 2.45) is 0 Å². The van der Waals surface area contributed by atoms with Gasteiger partial charge in [-0.15, -0.1) is 0 Å². The summed E-state index contributed by atoms with van der Waals surface area (Å²) in [6.45, 7) is 0.847. The van der Waals surface area contributed by atoms with Gasteiger partial charge in [0.2, 0.25) is 0 Å². The second kappa shape index (κ2) is 7.23. The number of hydroxylamine groups is 1.